The van der Waals surface area contributed by atoms with Gasteiger partial charge in [0.25, 0.3) is 5.91 Å². The average molecular weight is 358 g/mol. The maximum atomic E-state index is 12.8. The van der Waals surface area contributed by atoms with Crippen molar-refractivity contribution in [2.75, 3.05) is 40.0 Å². The molecular formula is C14H18N2O7S. The van der Waals surface area contributed by atoms with Crippen molar-refractivity contribution in [3.05, 3.63) is 23.8 Å². The van der Waals surface area contributed by atoms with Gasteiger partial charge in [-0.1, -0.05) is 0 Å². The number of carboxylic acid groups (broad SMARTS) is 1. The molecule has 1 amide bonds. The van der Waals surface area contributed by atoms with Gasteiger partial charge in [0, 0.05) is 18.7 Å². The van der Waals surface area contributed by atoms with E-state index in [1.165, 1.54) is 29.6 Å². The molecule has 2 N–H and O–H groups in total. The Kier molecular flexibility index (Phi) is 5.75. The number of benzene rings is 1. The predicted molar refractivity (Wildman–Crippen MR) is 82.5 cm³/mol. The third kappa shape index (κ3) is 4.02. The number of ether oxygens (including phenoxy) is 2. The summed E-state index contributed by atoms with van der Waals surface area (Å²) in [6.45, 7) is 0.443. The van der Waals surface area contributed by atoms with Crippen LogP contribution in [0, 0.1) is 0 Å². The summed E-state index contributed by atoms with van der Waals surface area (Å²) < 4.78 is 37.0. The molecule has 9 nitrogen and oxygen atoms in total. The maximum Gasteiger partial charge on any atom is 0.322 e. The van der Waals surface area contributed by atoms with E-state index in [2.05, 4.69) is 5.32 Å². The molecule has 1 heterocycles. The van der Waals surface area contributed by atoms with Gasteiger partial charge in [0.05, 0.1) is 20.3 Å². The highest BCUT2D eigenvalue weighted by molar-refractivity contribution is 7.89. The van der Waals surface area contributed by atoms with Crippen LogP contribution in [0.5, 0.6) is 5.75 Å². The molecule has 0 aliphatic carbocycles. The molecule has 0 unspecified atom stereocenters. The number of nitrogens with one attached hydrogen (secondary N) is 1. The first-order valence-electron chi connectivity index (χ1n) is 7.12. The fourth-order valence-electron chi connectivity index (χ4n) is 2.20. The Bertz CT molecular complexity index is 727. The summed E-state index contributed by atoms with van der Waals surface area (Å²) in [6.07, 6.45) is 0. The number of morpholine rings is 1. The number of carboxylic acids is 1. The summed E-state index contributed by atoms with van der Waals surface area (Å²) in [4.78, 5) is 22.3. The smallest absolute Gasteiger partial charge is 0.322 e. The van der Waals surface area contributed by atoms with Crippen LogP contribution in [0.2, 0.25) is 0 Å². The maximum absolute atomic E-state index is 12.8. The first-order chi connectivity index (χ1) is 11.4. The van der Waals surface area contributed by atoms with Crippen molar-refractivity contribution in [1.29, 1.82) is 0 Å². The van der Waals surface area contributed by atoms with E-state index in [0.29, 0.717) is 13.2 Å². The lowest BCUT2D eigenvalue weighted by Gasteiger charge is -2.26. The van der Waals surface area contributed by atoms with Gasteiger partial charge in [0.1, 0.15) is 17.2 Å². The number of hydrogen-bond acceptors (Lipinski definition) is 6. The third-order valence-corrected chi connectivity index (χ3v) is 5.33. The summed E-state index contributed by atoms with van der Waals surface area (Å²) in [5.41, 5.74) is 0.0314. The summed E-state index contributed by atoms with van der Waals surface area (Å²) in [5.74, 6) is -1.77. The van der Waals surface area contributed by atoms with Crippen molar-refractivity contribution in [2.24, 2.45) is 0 Å². The van der Waals surface area contributed by atoms with Crippen molar-refractivity contribution in [1.82, 2.24) is 9.62 Å². The Hall–Kier alpha value is -2.17. The van der Waals surface area contributed by atoms with Crippen molar-refractivity contribution in [3.8, 4) is 5.75 Å². The van der Waals surface area contributed by atoms with Crippen LogP contribution < -0.4 is 10.1 Å². The lowest BCUT2D eigenvalue weighted by Crippen LogP contribution is -2.40. The molecule has 0 spiro atoms. The fourth-order valence-corrected chi connectivity index (χ4v) is 3.79. The monoisotopic (exact) mass is 358 g/mol. The molecule has 1 saturated heterocycles. The summed E-state index contributed by atoms with van der Waals surface area (Å²) >= 11 is 0. The zero-order valence-corrected chi connectivity index (χ0v) is 13.8. The number of rotatable bonds is 6. The second-order valence-corrected chi connectivity index (χ2v) is 6.86. The van der Waals surface area contributed by atoms with Gasteiger partial charge in [-0.05, 0) is 18.2 Å². The number of aliphatic carboxylic acids is 1. The number of hydrogen-bond donors (Lipinski definition) is 2. The van der Waals surface area contributed by atoms with E-state index >= 15 is 0 Å². The van der Waals surface area contributed by atoms with Crippen molar-refractivity contribution < 1.29 is 32.6 Å². The minimum Gasteiger partial charge on any atom is -0.495 e. The number of carbonyl (C=O) groups is 2. The molecule has 1 aromatic carbocycles. The number of nitrogens with zero attached hydrogens (tertiary/aromatic N) is 1. The van der Waals surface area contributed by atoms with Gasteiger partial charge < -0.3 is 19.9 Å². The highest BCUT2D eigenvalue weighted by Crippen LogP contribution is 2.28. The zero-order valence-electron chi connectivity index (χ0n) is 13.0. The van der Waals surface area contributed by atoms with Crippen molar-refractivity contribution >= 4 is 21.9 Å². The molecule has 24 heavy (non-hydrogen) atoms. The van der Waals surface area contributed by atoms with Gasteiger partial charge in [0.2, 0.25) is 10.0 Å². The van der Waals surface area contributed by atoms with Gasteiger partial charge in [-0.2, -0.15) is 4.31 Å². The molecule has 2 rings (SSSR count). The molecule has 0 saturated carbocycles. The summed E-state index contributed by atoms with van der Waals surface area (Å²) in [6, 6.07) is 3.91. The van der Waals surface area contributed by atoms with Gasteiger partial charge >= 0.3 is 5.97 Å². The average Bonchev–Trinajstić information content (AvgIpc) is 2.59. The second kappa shape index (κ2) is 7.60. The highest BCUT2D eigenvalue weighted by Gasteiger charge is 2.30. The Morgan fingerprint density at radius 2 is 2.00 bits per heavy atom. The Balaban J connectivity index is 2.35. The van der Waals surface area contributed by atoms with Crippen LogP contribution in [-0.2, 0) is 19.6 Å². The van der Waals surface area contributed by atoms with Gasteiger partial charge in [-0.25, -0.2) is 8.42 Å². The predicted octanol–water partition coefficient (Wildman–Crippen LogP) is -0.469. The molecule has 0 bridgehead atoms. The third-order valence-electron chi connectivity index (χ3n) is 3.41. The van der Waals surface area contributed by atoms with Crippen LogP contribution in [0.25, 0.3) is 0 Å². The van der Waals surface area contributed by atoms with E-state index in [9.17, 15) is 18.0 Å². The molecule has 1 aromatic rings. The first kappa shape index (κ1) is 18.2. The molecule has 0 radical (unpaired) electrons. The van der Waals surface area contributed by atoms with Crippen LogP contribution in [0.3, 0.4) is 0 Å². The van der Waals surface area contributed by atoms with Crippen LogP contribution in [0.1, 0.15) is 10.4 Å². The second-order valence-electron chi connectivity index (χ2n) is 4.96. The molecule has 1 aliphatic rings. The number of methoxy groups -OCH3 is 1. The minimum absolute atomic E-state index is 0.0314. The molecule has 10 heteroatoms. The van der Waals surface area contributed by atoms with E-state index in [1.54, 1.807) is 0 Å². The van der Waals surface area contributed by atoms with Gasteiger partial charge in [-0.15, -0.1) is 0 Å². The first-order valence-corrected chi connectivity index (χ1v) is 8.56. The molecule has 132 valence electrons. The Morgan fingerprint density at radius 3 is 2.58 bits per heavy atom. The SMILES string of the molecule is COc1ccc(C(=O)NCC(=O)O)cc1S(=O)(=O)N1CCOCC1. The lowest BCUT2D eigenvalue weighted by atomic mass is 10.2. The molecule has 1 fully saturated rings. The van der Waals surface area contributed by atoms with Crippen molar-refractivity contribution in [2.45, 2.75) is 4.90 Å². The van der Waals surface area contributed by atoms with E-state index in [-0.39, 0.29) is 29.3 Å². The minimum atomic E-state index is -3.86. The van der Waals surface area contributed by atoms with E-state index in [4.69, 9.17) is 14.6 Å². The van der Waals surface area contributed by atoms with Gasteiger partial charge in [0.15, 0.2) is 0 Å². The topological polar surface area (TPSA) is 122 Å². The number of sulfonamides is 1. The Labute approximate surface area is 139 Å². The van der Waals surface area contributed by atoms with Crippen LogP contribution >= 0.6 is 0 Å². The van der Waals surface area contributed by atoms with Crippen LogP contribution in [0.15, 0.2) is 23.1 Å². The quantitative estimate of drug-likeness (QED) is 0.705. The molecule has 1 aliphatic heterocycles. The Morgan fingerprint density at radius 1 is 1.33 bits per heavy atom. The van der Waals surface area contributed by atoms with Crippen LogP contribution in [0.4, 0.5) is 0 Å². The van der Waals surface area contributed by atoms with Crippen LogP contribution in [-0.4, -0.2) is 69.7 Å². The largest absolute Gasteiger partial charge is 0.495 e. The normalized spacial score (nSPS) is 15.7. The highest BCUT2D eigenvalue weighted by atomic mass is 32.2. The molecular weight excluding hydrogens is 340 g/mol. The fraction of sp³-hybridized carbons (Fsp3) is 0.429. The van der Waals surface area contributed by atoms with E-state index in [1.807, 2.05) is 0 Å². The summed E-state index contributed by atoms with van der Waals surface area (Å²) in [7, 11) is -2.53. The number of amides is 1. The number of carbonyl (C=O) groups excluding carboxylic acids is 1. The molecule has 0 atom stereocenters. The molecule has 0 aromatic heterocycles. The lowest BCUT2D eigenvalue weighted by molar-refractivity contribution is -0.135. The van der Waals surface area contributed by atoms with E-state index in [0.717, 1.165) is 0 Å². The van der Waals surface area contributed by atoms with Gasteiger partial charge in [-0.3, -0.25) is 9.59 Å². The van der Waals surface area contributed by atoms with Crippen molar-refractivity contribution in [3.63, 3.8) is 0 Å². The zero-order chi connectivity index (χ0) is 17.7. The standard InChI is InChI=1S/C14H18N2O7S/c1-22-11-3-2-10(14(19)15-9-13(17)18)8-12(11)24(20,21)16-4-6-23-7-5-16/h2-3,8H,4-7,9H2,1H3,(H,15,19)(H,17,18). The van der Waals surface area contributed by atoms with E-state index < -0.39 is 28.4 Å². The summed E-state index contributed by atoms with van der Waals surface area (Å²) in [5, 5.41) is 10.8.